The van der Waals surface area contributed by atoms with Gasteiger partial charge in [-0.25, -0.2) is 0 Å². The number of rotatable bonds is 5. The van der Waals surface area contributed by atoms with Crippen LogP contribution in [0.3, 0.4) is 0 Å². The van der Waals surface area contributed by atoms with E-state index in [0.29, 0.717) is 6.54 Å². The summed E-state index contributed by atoms with van der Waals surface area (Å²) >= 11 is 0. The third-order valence-electron chi connectivity index (χ3n) is 5.10. The first-order valence-corrected chi connectivity index (χ1v) is 9.10. The summed E-state index contributed by atoms with van der Waals surface area (Å²) in [6.45, 7) is 5.85. The van der Waals surface area contributed by atoms with Crippen molar-refractivity contribution in [1.82, 2.24) is 15.5 Å². The van der Waals surface area contributed by atoms with Gasteiger partial charge in [0.1, 0.15) is 0 Å². The molecule has 2 fully saturated rings. The zero-order valence-electron chi connectivity index (χ0n) is 14.8. The molecular weight excluding hydrogens is 357 g/mol. The van der Waals surface area contributed by atoms with Crippen LogP contribution in [0.5, 0.6) is 0 Å². The number of amides is 1. The smallest absolute Gasteiger partial charge is 0.224 e. The van der Waals surface area contributed by atoms with Crippen LogP contribution in [0.25, 0.3) is 0 Å². The van der Waals surface area contributed by atoms with Gasteiger partial charge in [0.15, 0.2) is 0 Å². The highest BCUT2D eigenvalue weighted by Gasteiger charge is 2.22. The molecule has 2 aliphatic rings. The molecule has 0 saturated carbocycles. The standard InChI is InChI=1S/C19H29N3O.2ClH/c23-19(17-9-10-20-13-17)21-14-16-7-3-4-8-18(16)15-22-11-5-1-2-6-12-22;;/h3-4,7-8,17,20H,1-2,5-6,9-15H2,(H,21,23);2*1H. The molecule has 6 heteroatoms. The molecule has 0 radical (unpaired) electrons. The van der Waals surface area contributed by atoms with E-state index in [1.165, 1.54) is 49.9 Å². The lowest BCUT2D eigenvalue weighted by Gasteiger charge is -2.22. The van der Waals surface area contributed by atoms with Crippen molar-refractivity contribution in [2.75, 3.05) is 26.2 Å². The third kappa shape index (κ3) is 6.78. The van der Waals surface area contributed by atoms with Crippen LogP contribution in [0.2, 0.25) is 0 Å². The zero-order valence-corrected chi connectivity index (χ0v) is 16.5. The Balaban J connectivity index is 0.00000156. The minimum atomic E-state index is 0. The first kappa shape index (κ1) is 22.2. The van der Waals surface area contributed by atoms with Crippen molar-refractivity contribution in [3.63, 3.8) is 0 Å². The van der Waals surface area contributed by atoms with E-state index in [4.69, 9.17) is 0 Å². The molecule has 3 rings (SSSR count). The molecule has 0 bridgehead atoms. The van der Waals surface area contributed by atoms with Crippen LogP contribution < -0.4 is 10.6 Å². The molecule has 2 aliphatic heterocycles. The maximum absolute atomic E-state index is 12.2. The summed E-state index contributed by atoms with van der Waals surface area (Å²) in [5, 5.41) is 6.39. The van der Waals surface area contributed by atoms with Gasteiger partial charge in [0.25, 0.3) is 0 Å². The lowest BCUT2D eigenvalue weighted by molar-refractivity contribution is -0.124. The second kappa shape index (κ2) is 11.7. The van der Waals surface area contributed by atoms with Crippen LogP contribution in [-0.4, -0.2) is 37.0 Å². The number of halogens is 2. The number of nitrogens with one attached hydrogen (secondary N) is 2. The van der Waals surface area contributed by atoms with E-state index in [1.807, 2.05) is 0 Å². The molecular formula is C19H31Cl2N3O. The predicted octanol–water partition coefficient (Wildman–Crippen LogP) is 3.13. The van der Waals surface area contributed by atoms with E-state index >= 15 is 0 Å². The van der Waals surface area contributed by atoms with Gasteiger partial charge in [-0.1, -0.05) is 37.1 Å². The summed E-state index contributed by atoms with van der Waals surface area (Å²) in [5.74, 6) is 0.340. The van der Waals surface area contributed by atoms with Gasteiger partial charge in [-0.05, 0) is 50.0 Å². The van der Waals surface area contributed by atoms with E-state index in [9.17, 15) is 4.79 Å². The number of hydrogen-bond acceptors (Lipinski definition) is 3. The molecule has 2 heterocycles. The van der Waals surface area contributed by atoms with Crippen molar-refractivity contribution in [3.05, 3.63) is 35.4 Å². The lowest BCUT2D eigenvalue weighted by Crippen LogP contribution is -2.32. The molecule has 2 N–H and O–H groups in total. The van der Waals surface area contributed by atoms with E-state index in [-0.39, 0.29) is 36.6 Å². The molecule has 0 aromatic heterocycles. The predicted molar refractivity (Wildman–Crippen MR) is 108 cm³/mol. The number of nitrogens with zero attached hydrogens (tertiary/aromatic N) is 1. The van der Waals surface area contributed by atoms with Crippen molar-refractivity contribution >= 4 is 30.7 Å². The number of carbonyl (C=O) groups is 1. The molecule has 0 aliphatic carbocycles. The van der Waals surface area contributed by atoms with Gasteiger partial charge in [-0.3, -0.25) is 9.69 Å². The Kier molecular flexibility index (Phi) is 10.4. The van der Waals surface area contributed by atoms with Gasteiger partial charge in [0.2, 0.25) is 5.91 Å². The minimum Gasteiger partial charge on any atom is -0.352 e. The molecule has 1 aromatic carbocycles. The SMILES string of the molecule is Cl.Cl.O=C(NCc1ccccc1CN1CCCCCC1)C1CCNC1. The average molecular weight is 388 g/mol. The number of hydrogen-bond donors (Lipinski definition) is 2. The molecule has 142 valence electrons. The van der Waals surface area contributed by atoms with Crippen LogP contribution in [0.1, 0.15) is 43.2 Å². The Morgan fingerprint density at radius 2 is 1.76 bits per heavy atom. The lowest BCUT2D eigenvalue weighted by atomic mass is 10.1. The van der Waals surface area contributed by atoms with Gasteiger partial charge in [-0.2, -0.15) is 0 Å². The van der Waals surface area contributed by atoms with E-state index < -0.39 is 0 Å². The molecule has 1 unspecified atom stereocenters. The monoisotopic (exact) mass is 387 g/mol. The highest BCUT2D eigenvalue weighted by molar-refractivity contribution is 5.85. The zero-order chi connectivity index (χ0) is 15.9. The van der Waals surface area contributed by atoms with Crippen molar-refractivity contribution in [3.8, 4) is 0 Å². The minimum absolute atomic E-state index is 0. The molecule has 4 nitrogen and oxygen atoms in total. The Hall–Kier alpha value is -0.810. The van der Waals surface area contributed by atoms with Crippen LogP contribution in [0.4, 0.5) is 0 Å². The quantitative estimate of drug-likeness (QED) is 0.815. The third-order valence-corrected chi connectivity index (χ3v) is 5.10. The van der Waals surface area contributed by atoms with E-state index in [2.05, 4.69) is 39.8 Å². The number of likely N-dealkylation sites (tertiary alicyclic amines) is 1. The first-order valence-electron chi connectivity index (χ1n) is 9.10. The van der Waals surface area contributed by atoms with Crippen LogP contribution in [0.15, 0.2) is 24.3 Å². The maximum atomic E-state index is 12.2. The Morgan fingerprint density at radius 1 is 1.08 bits per heavy atom. The van der Waals surface area contributed by atoms with Gasteiger partial charge < -0.3 is 10.6 Å². The number of carbonyl (C=O) groups excluding carboxylic acids is 1. The summed E-state index contributed by atoms with van der Waals surface area (Å²) in [5.41, 5.74) is 2.62. The molecule has 0 spiro atoms. The van der Waals surface area contributed by atoms with Gasteiger partial charge in [0, 0.05) is 19.6 Å². The molecule has 1 amide bonds. The fourth-order valence-corrected chi connectivity index (χ4v) is 3.62. The largest absolute Gasteiger partial charge is 0.352 e. The fourth-order valence-electron chi connectivity index (χ4n) is 3.62. The molecule has 1 aromatic rings. The summed E-state index contributed by atoms with van der Waals surface area (Å²) in [7, 11) is 0. The van der Waals surface area contributed by atoms with Crippen LogP contribution >= 0.6 is 24.8 Å². The highest BCUT2D eigenvalue weighted by Crippen LogP contribution is 2.16. The molecule has 25 heavy (non-hydrogen) atoms. The molecule has 1 atom stereocenters. The second-order valence-electron chi connectivity index (χ2n) is 6.87. The summed E-state index contributed by atoms with van der Waals surface area (Å²) < 4.78 is 0. The molecule has 2 saturated heterocycles. The van der Waals surface area contributed by atoms with Crippen molar-refractivity contribution in [2.45, 2.75) is 45.2 Å². The summed E-state index contributed by atoms with van der Waals surface area (Å²) in [6.07, 6.45) is 6.32. The summed E-state index contributed by atoms with van der Waals surface area (Å²) in [4.78, 5) is 14.8. The Bertz CT molecular complexity index is 513. The Morgan fingerprint density at radius 3 is 2.40 bits per heavy atom. The number of benzene rings is 1. The van der Waals surface area contributed by atoms with Gasteiger partial charge in [-0.15, -0.1) is 24.8 Å². The van der Waals surface area contributed by atoms with Crippen molar-refractivity contribution in [1.29, 1.82) is 0 Å². The first-order chi connectivity index (χ1) is 11.3. The van der Waals surface area contributed by atoms with Crippen LogP contribution in [-0.2, 0) is 17.9 Å². The second-order valence-corrected chi connectivity index (χ2v) is 6.87. The Labute approximate surface area is 163 Å². The van der Waals surface area contributed by atoms with Gasteiger partial charge >= 0.3 is 0 Å². The van der Waals surface area contributed by atoms with Gasteiger partial charge in [0.05, 0.1) is 5.92 Å². The van der Waals surface area contributed by atoms with Crippen LogP contribution in [0, 0.1) is 5.92 Å². The topological polar surface area (TPSA) is 44.4 Å². The fraction of sp³-hybridized carbons (Fsp3) is 0.632. The average Bonchev–Trinajstić information content (AvgIpc) is 3.00. The van der Waals surface area contributed by atoms with E-state index in [1.54, 1.807) is 0 Å². The van der Waals surface area contributed by atoms with Crippen molar-refractivity contribution in [2.24, 2.45) is 5.92 Å². The normalized spacial score (nSPS) is 20.9. The maximum Gasteiger partial charge on any atom is 0.224 e. The van der Waals surface area contributed by atoms with E-state index in [0.717, 1.165) is 26.1 Å². The highest BCUT2D eigenvalue weighted by atomic mass is 35.5. The van der Waals surface area contributed by atoms with Crippen molar-refractivity contribution < 1.29 is 4.79 Å². The summed E-state index contributed by atoms with van der Waals surface area (Å²) in [6, 6.07) is 8.55.